The van der Waals surface area contributed by atoms with Gasteiger partial charge in [0.2, 0.25) is 0 Å². The van der Waals surface area contributed by atoms with E-state index < -0.39 is 0 Å². The number of nitrogens with zero attached hydrogens (tertiary/aromatic N) is 2. The molecule has 2 rings (SSSR count). The maximum Gasteiger partial charge on any atom is 0.131 e. The van der Waals surface area contributed by atoms with Gasteiger partial charge in [0.05, 0.1) is 5.88 Å². The van der Waals surface area contributed by atoms with Gasteiger partial charge in [0, 0.05) is 23.9 Å². The fourth-order valence-electron chi connectivity index (χ4n) is 2.32. The second kappa shape index (κ2) is 4.93. The van der Waals surface area contributed by atoms with Crippen LogP contribution in [0.1, 0.15) is 49.9 Å². The summed E-state index contributed by atoms with van der Waals surface area (Å²) in [6.07, 6.45) is 8.84. The van der Waals surface area contributed by atoms with Gasteiger partial charge in [-0.3, -0.25) is 0 Å². The largest absolute Gasteiger partial charge is 0.241 e. The van der Waals surface area contributed by atoms with Crippen molar-refractivity contribution >= 4 is 11.6 Å². The quantitative estimate of drug-likeness (QED) is 0.735. The van der Waals surface area contributed by atoms with Gasteiger partial charge in [0.1, 0.15) is 5.82 Å². The van der Waals surface area contributed by atoms with Crippen LogP contribution in [0.3, 0.4) is 0 Å². The number of aromatic nitrogens is 2. The van der Waals surface area contributed by atoms with Crippen LogP contribution in [0.5, 0.6) is 0 Å². The number of hydrogen-bond donors (Lipinski definition) is 0. The molecule has 0 N–H and O–H groups in total. The maximum atomic E-state index is 5.70. The van der Waals surface area contributed by atoms with E-state index in [1.54, 1.807) is 0 Å². The van der Waals surface area contributed by atoms with Gasteiger partial charge in [0.25, 0.3) is 0 Å². The Kier molecular flexibility index (Phi) is 3.57. The van der Waals surface area contributed by atoms with Crippen LogP contribution in [0.4, 0.5) is 0 Å². The van der Waals surface area contributed by atoms with Crippen molar-refractivity contribution in [2.75, 3.05) is 0 Å². The molecule has 2 atom stereocenters. The third kappa shape index (κ3) is 2.49. The van der Waals surface area contributed by atoms with Crippen LogP contribution in [0.15, 0.2) is 12.4 Å². The maximum absolute atomic E-state index is 5.70. The zero-order valence-corrected chi connectivity index (χ0v) is 9.87. The lowest BCUT2D eigenvalue weighted by molar-refractivity contribution is 0.516. The third-order valence-electron chi connectivity index (χ3n) is 3.36. The van der Waals surface area contributed by atoms with Crippen LogP contribution in [0.25, 0.3) is 0 Å². The summed E-state index contributed by atoms with van der Waals surface area (Å²) in [4.78, 5) is 8.81. The Balaban J connectivity index is 2.04. The lowest BCUT2D eigenvalue weighted by Crippen LogP contribution is -2.01. The standard InChI is InChI=1S/C12H17ClN2/c1-2-9-3-4-11(5-9)12-14-7-10(6-13)8-15-12/h7-9,11H,2-6H2,1H3. The molecule has 0 aromatic carbocycles. The van der Waals surface area contributed by atoms with Crippen molar-refractivity contribution in [3.63, 3.8) is 0 Å². The van der Waals surface area contributed by atoms with Crippen molar-refractivity contribution in [1.29, 1.82) is 0 Å². The average molecular weight is 225 g/mol. The van der Waals surface area contributed by atoms with E-state index in [0.29, 0.717) is 11.8 Å². The summed E-state index contributed by atoms with van der Waals surface area (Å²) in [5.74, 6) is 2.98. The predicted octanol–water partition coefficient (Wildman–Crippen LogP) is 3.51. The van der Waals surface area contributed by atoms with E-state index in [1.165, 1.54) is 25.7 Å². The molecule has 2 nitrogen and oxygen atoms in total. The van der Waals surface area contributed by atoms with Gasteiger partial charge in [-0.1, -0.05) is 13.3 Å². The Morgan fingerprint density at radius 1 is 1.33 bits per heavy atom. The molecule has 0 spiro atoms. The van der Waals surface area contributed by atoms with E-state index >= 15 is 0 Å². The molecule has 1 heterocycles. The van der Waals surface area contributed by atoms with Crippen LogP contribution < -0.4 is 0 Å². The highest BCUT2D eigenvalue weighted by molar-refractivity contribution is 6.17. The Labute approximate surface area is 96.1 Å². The van der Waals surface area contributed by atoms with Crippen molar-refractivity contribution in [3.8, 4) is 0 Å². The highest BCUT2D eigenvalue weighted by Gasteiger charge is 2.26. The van der Waals surface area contributed by atoms with Gasteiger partial charge in [-0.15, -0.1) is 11.6 Å². The van der Waals surface area contributed by atoms with E-state index in [9.17, 15) is 0 Å². The third-order valence-corrected chi connectivity index (χ3v) is 3.67. The predicted molar refractivity (Wildman–Crippen MR) is 62.0 cm³/mol. The van der Waals surface area contributed by atoms with Crippen molar-refractivity contribution in [2.45, 2.75) is 44.4 Å². The van der Waals surface area contributed by atoms with Crippen LogP contribution in [-0.4, -0.2) is 9.97 Å². The summed E-state index contributed by atoms with van der Waals surface area (Å²) < 4.78 is 0. The van der Waals surface area contributed by atoms with Gasteiger partial charge in [-0.2, -0.15) is 0 Å². The lowest BCUT2D eigenvalue weighted by atomic mass is 10.0. The summed E-state index contributed by atoms with van der Waals surface area (Å²) in [7, 11) is 0. The molecule has 15 heavy (non-hydrogen) atoms. The zero-order chi connectivity index (χ0) is 10.7. The molecule has 1 fully saturated rings. The highest BCUT2D eigenvalue weighted by atomic mass is 35.5. The lowest BCUT2D eigenvalue weighted by Gasteiger charge is -2.08. The Morgan fingerprint density at radius 3 is 2.60 bits per heavy atom. The minimum absolute atomic E-state index is 0.503. The molecule has 2 unspecified atom stereocenters. The molecule has 0 bridgehead atoms. The molecule has 1 aromatic rings. The topological polar surface area (TPSA) is 25.8 Å². The summed E-state index contributed by atoms with van der Waals surface area (Å²) in [5, 5.41) is 0. The SMILES string of the molecule is CCC1CCC(c2ncc(CCl)cn2)C1. The molecule has 0 radical (unpaired) electrons. The molecule has 3 heteroatoms. The average Bonchev–Trinajstić information content (AvgIpc) is 2.78. The highest BCUT2D eigenvalue weighted by Crippen LogP contribution is 2.37. The minimum Gasteiger partial charge on any atom is -0.241 e. The summed E-state index contributed by atoms with van der Waals surface area (Å²) in [6, 6.07) is 0. The van der Waals surface area contributed by atoms with Crippen molar-refractivity contribution in [3.05, 3.63) is 23.8 Å². The molecule has 82 valence electrons. The Morgan fingerprint density at radius 2 is 2.07 bits per heavy atom. The first kappa shape index (κ1) is 10.9. The number of rotatable bonds is 3. The fourth-order valence-corrected chi connectivity index (χ4v) is 2.46. The second-order valence-electron chi connectivity index (χ2n) is 4.37. The second-order valence-corrected chi connectivity index (χ2v) is 4.63. The molecule has 1 saturated carbocycles. The van der Waals surface area contributed by atoms with E-state index in [-0.39, 0.29) is 0 Å². The first-order valence-electron chi connectivity index (χ1n) is 5.70. The van der Waals surface area contributed by atoms with Crippen LogP contribution in [0.2, 0.25) is 0 Å². The normalized spacial score (nSPS) is 25.7. The monoisotopic (exact) mass is 224 g/mol. The van der Waals surface area contributed by atoms with Crippen LogP contribution in [-0.2, 0) is 5.88 Å². The Hall–Kier alpha value is -0.630. The van der Waals surface area contributed by atoms with E-state index in [4.69, 9.17) is 11.6 Å². The van der Waals surface area contributed by atoms with Crippen LogP contribution in [0, 0.1) is 5.92 Å². The molecular formula is C12H17ClN2. The van der Waals surface area contributed by atoms with Crippen molar-refractivity contribution in [2.24, 2.45) is 5.92 Å². The number of halogens is 1. The zero-order valence-electron chi connectivity index (χ0n) is 9.12. The van der Waals surface area contributed by atoms with Gasteiger partial charge < -0.3 is 0 Å². The summed E-state index contributed by atoms with van der Waals surface area (Å²) in [5.41, 5.74) is 1.01. The van der Waals surface area contributed by atoms with E-state index in [0.717, 1.165) is 17.3 Å². The molecule has 1 aliphatic carbocycles. The molecule has 0 amide bonds. The van der Waals surface area contributed by atoms with Gasteiger partial charge in [-0.05, 0) is 25.2 Å². The van der Waals surface area contributed by atoms with Crippen molar-refractivity contribution < 1.29 is 0 Å². The van der Waals surface area contributed by atoms with Gasteiger partial charge >= 0.3 is 0 Å². The van der Waals surface area contributed by atoms with Crippen LogP contribution >= 0.6 is 11.6 Å². The molecule has 1 aromatic heterocycles. The summed E-state index contributed by atoms with van der Waals surface area (Å²) >= 11 is 5.70. The molecular weight excluding hydrogens is 208 g/mol. The smallest absolute Gasteiger partial charge is 0.131 e. The number of alkyl halides is 1. The minimum atomic E-state index is 0.503. The van der Waals surface area contributed by atoms with E-state index in [2.05, 4.69) is 16.9 Å². The molecule has 1 aliphatic rings. The van der Waals surface area contributed by atoms with E-state index in [1.807, 2.05) is 12.4 Å². The van der Waals surface area contributed by atoms with Gasteiger partial charge in [0.15, 0.2) is 0 Å². The first-order chi connectivity index (χ1) is 7.33. The fraction of sp³-hybridized carbons (Fsp3) is 0.667. The first-order valence-corrected chi connectivity index (χ1v) is 6.23. The van der Waals surface area contributed by atoms with Crippen molar-refractivity contribution in [1.82, 2.24) is 9.97 Å². The Bertz CT molecular complexity index is 310. The molecule has 0 saturated heterocycles. The number of hydrogen-bond acceptors (Lipinski definition) is 2. The summed E-state index contributed by atoms with van der Waals surface area (Å²) in [6.45, 7) is 2.27. The molecule has 0 aliphatic heterocycles. The van der Waals surface area contributed by atoms with Gasteiger partial charge in [-0.25, -0.2) is 9.97 Å².